The molecule has 0 rings (SSSR count). The SMILES string of the molecule is NCC(=O)[AsH](=O)O. The van der Waals surface area contributed by atoms with Crippen LogP contribution in [0, 0.1) is 0 Å². The minimum absolute atomic E-state index is 0.310. The zero-order chi connectivity index (χ0) is 5.86. The van der Waals surface area contributed by atoms with E-state index in [1.807, 2.05) is 0 Å². The summed E-state index contributed by atoms with van der Waals surface area (Å²) in [7, 11) is 0. The first-order valence-electron chi connectivity index (χ1n) is 1.64. The van der Waals surface area contributed by atoms with Crippen LogP contribution in [0.1, 0.15) is 0 Å². The average molecular weight is 167 g/mol. The van der Waals surface area contributed by atoms with Gasteiger partial charge in [0.15, 0.2) is 0 Å². The van der Waals surface area contributed by atoms with Crippen molar-refractivity contribution in [1.82, 2.24) is 0 Å². The van der Waals surface area contributed by atoms with Crippen LogP contribution in [0.4, 0.5) is 0 Å². The molecule has 0 aromatic carbocycles. The number of hydrogen-bond donors (Lipinski definition) is 2. The van der Waals surface area contributed by atoms with Crippen LogP contribution in [-0.4, -0.2) is 30.1 Å². The van der Waals surface area contributed by atoms with Crippen molar-refractivity contribution in [1.29, 1.82) is 0 Å². The fourth-order valence-electron chi connectivity index (χ4n) is 0.0873. The standard InChI is InChI=1S/C2H6AsNO3/c4-1-2(5)3(6)7/h3H,1,4H2,(H,6,7). The number of rotatable bonds is 2. The van der Waals surface area contributed by atoms with Crippen molar-refractivity contribution in [3.63, 3.8) is 0 Å². The molecule has 0 aliphatic heterocycles. The van der Waals surface area contributed by atoms with Gasteiger partial charge in [-0.1, -0.05) is 0 Å². The van der Waals surface area contributed by atoms with Gasteiger partial charge in [0.25, 0.3) is 0 Å². The van der Waals surface area contributed by atoms with Crippen LogP contribution in [0.3, 0.4) is 0 Å². The van der Waals surface area contributed by atoms with Crippen LogP contribution < -0.4 is 5.73 Å². The molecule has 0 radical (unpaired) electrons. The summed E-state index contributed by atoms with van der Waals surface area (Å²) >= 11 is -3.50. The number of carbonyl (C=O) groups is 1. The zero-order valence-electron chi connectivity index (χ0n) is 3.55. The molecule has 0 fully saturated rings. The number of hydrogen-bond acceptors (Lipinski definition) is 3. The number of carbonyl (C=O) groups excluding carboxylic acids is 1. The average Bonchev–Trinajstić information content (AvgIpc) is 1.65. The van der Waals surface area contributed by atoms with Gasteiger partial charge in [0.1, 0.15) is 0 Å². The van der Waals surface area contributed by atoms with Crippen LogP contribution in [0.25, 0.3) is 0 Å². The molecule has 0 bridgehead atoms. The maximum atomic E-state index is 9.90. The Morgan fingerprint density at radius 1 is 1.86 bits per heavy atom. The Labute approximate surface area is 45.1 Å². The molecule has 42 valence electrons. The molecule has 1 unspecified atom stereocenters. The summed E-state index contributed by atoms with van der Waals surface area (Å²) in [6.45, 7) is -0.310. The third-order valence-electron chi connectivity index (χ3n) is 0.424. The summed E-state index contributed by atoms with van der Waals surface area (Å²) in [5.41, 5.74) is 4.71. The summed E-state index contributed by atoms with van der Waals surface area (Å²) in [6.07, 6.45) is 0. The van der Waals surface area contributed by atoms with Crippen molar-refractivity contribution in [3.8, 4) is 0 Å². The summed E-state index contributed by atoms with van der Waals surface area (Å²) < 4.78 is 17.0. The Bertz CT molecular complexity index is 101. The van der Waals surface area contributed by atoms with Gasteiger partial charge in [-0.25, -0.2) is 0 Å². The Kier molecular flexibility index (Phi) is 2.99. The summed E-state index contributed by atoms with van der Waals surface area (Å²) in [5, 5.41) is 0. The van der Waals surface area contributed by atoms with Crippen molar-refractivity contribution in [2.45, 2.75) is 0 Å². The van der Waals surface area contributed by atoms with E-state index in [-0.39, 0.29) is 6.54 Å². The van der Waals surface area contributed by atoms with Gasteiger partial charge in [-0.2, -0.15) is 0 Å². The van der Waals surface area contributed by atoms with Crippen LogP contribution in [-0.2, 0) is 8.53 Å². The van der Waals surface area contributed by atoms with E-state index in [0.29, 0.717) is 0 Å². The van der Waals surface area contributed by atoms with Crippen molar-refractivity contribution in [2.75, 3.05) is 6.54 Å². The van der Waals surface area contributed by atoms with E-state index >= 15 is 0 Å². The van der Waals surface area contributed by atoms with Crippen LogP contribution in [0.2, 0.25) is 0 Å². The van der Waals surface area contributed by atoms with E-state index in [0.717, 1.165) is 0 Å². The quantitative estimate of drug-likeness (QED) is 0.453. The molecule has 0 aliphatic carbocycles. The van der Waals surface area contributed by atoms with E-state index in [4.69, 9.17) is 9.83 Å². The van der Waals surface area contributed by atoms with Gasteiger partial charge >= 0.3 is 44.4 Å². The predicted molar refractivity (Wildman–Crippen MR) is 24.1 cm³/mol. The molecular formula is C2H6AsNO3. The maximum absolute atomic E-state index is 9.90. The van der Waals surface area contributed by atoms with Gasteiger partial charge in [0.2, 0.25) is 0 Å². The second-order valence-corrected chi connectivity index (χ2v) is 3.38. The van der Waals surface area contributed by atoms with Gasteiger partial charge in [0, 0.05) is 0 Å². The van der Waals surface area contributed by atoms with Crippen LogP contribution in [0.15, 0.2) is 0 Å². The number of nitrogens with two attached hydrogens (primary N) is 1. The molecule has 7 heavy (non-hydrogen) atoms. The first-order valence-corrected chi connectivity index (χ1v) is 4.49. The third kappa shape index (κ3) is 2.62. The van der Waals surface area contributed by atoms with Crippen molar-refractivity contribution < 1.29 is 12.6 Å². The molecule has 0 saturated heterocycles. The molecule has 0 aliphatic rings. The van der Waals surface area contributed by atoms with Gasteiger partial charge in [0.05, 0.1) is 0 Å². The van der Waals surface area contributed by atoms with Crippen molar-refractivity contribution in [2.24, 2.45) is 5.73 Å². The van der Waals surface area contributed by atoms with E-state index in [1.165, 1.54) is 0 Å². The Balaban J connectivity index is 3.58. The first-order chi connectivity index (χ1) is 3.18. The molecule has 0 saturated carbocycles. The molecule has 5 heteroatoms. The van der Waals surface area contributed by atoms with E-state index in [9.17, 15) is 8.53 Å². The van der Waals surface area contributed by atoms with Gasteiger partial charge in [-0.3, -0.25) is 0 Å². The molecular weight excluding hydrogens is 161 g/mol. The van der Waals surface area contributed by atoms with Crippen molar-refractivity contribution in [3.05, 3.63) is 0 Å². The van der Waals surface area contributed by atoms with Gasteiger partial charge in [-0.05, 0) is 0 Å². The Morgan fingerprint density at radius 2 is 2.29 bits per heavy atom. The fourth-order valence-corrected chi connectivity index (χ4v) is 0.454. The van der Waals surface area contributed by atoms with E-state index < -0.39 is 19.5 Å². The normalized spacial score (nSPS) is 13.4. The third-order valence-corrected chi connectivity index (χ3v) is 1.85. The van der Waals surface area contributed by atoms with Crippen LogP contribution >= 0.6 is 0 Å². The molecule has 0 aromatic rings. The predicted octanol–water partition coefficient (Wildman–Crippen LogP) is -2.30. The Hall–Kier alpha value is -0.0516. The van der Waals surface area contributed by atoms with Crippen molar-refractivity contribution >= 4 is 19.5 Å². The molecule has 3 N–H and O–H groups in total. The molecule has 4 nitrogen and oxygen atoms in total. The first kappa shape index (κ1) is 6.95. The second kappa shape index (κ2) is 3.02. The minimum atomic E-state index is -3.50. The zero-order valence-corrected chi connectivity index (χ0v) is 5.65. The van der Waals surface area contributed by atoms with E-state index in [1.54, 1.807) is 0 Å². The Morgan fingerprint density at radius 3 is 2.29 bits per heavy atom. The second-order valence-electron chi connectivity index (χ2n) is 0.932. The molecule has 0 aromatic heterocycles. The summed E-state index contributed by atoms with van der Waals surface area (Å²) in [6, 6.07) is 0. The summed E-state index contributed by atoms with van der Waals surface area (Å²) in [4.78, 5) is 9.90. The van der Waals surface area contributed by atoms with Gasteiger partial charge in [-0.15, -0.1) is 0 Å². The monoisotopic (exact) mass is 167 g/mol. The summed E-state index contributed by atoms with van der Waals surface area (Å²) in [5.74, 6) is 0. The van der Waals surface area contributed by atoms with Crippen LogP contribution in [0.5, 0.6) is 0 Å². The topological polar surface area (TPSA) is 80.4 Å². The molecule has 0 spiro atoms. The molecule has 0 amide bonds. The molecule has 1 atom stereocenters. The van der Waals surface area contributed by atoms with Gasteiger partial charge < -0.3 is 0 Å². The fraction of sp³-hybridized carbons (Fsp3) is 0.500. The van der Waals surface area contributed by atoms with E-state index in [2.05, 4.69) is 0 Å². The molecule has 0 heterocycles.